The molecule has 0 aromatic heterocycles. The second-order valence-electron chi connectivity index (χ2n) is 2.53. The van der Waals surface area contributed by atoms with Gasteiger partial charge in [-0.3, -0.25) is 4.79 Å². The van der Waals surface area contributed by atoms with Gasteiger partial charge in [0, 0.05) is 6.42 Å². The van der Waals surface area contributed by atoms with Gasteiger partial charge < -0.3 is 11.1 Å². The first-order valence-electron chi connectivity index (χ1n) is 3.28. The molecule has 3 heteroatoms. The van der Waals surface area contributed by atoms with E-state index in [-0.39, 0.29) is 5.91 Å². The lowest BCUT2D eigenvalue weighted by molar-refractivity contribution is -0.118. The molecule has 52 valence electrons. The second-order valence-corrected chi connectivity index (χ2v) is 2.53. The number of nitrogens with one attached hydrogen (secondary N) is 1. The third-order valence-corrected chi connectivity index (χ3v) is 1.67. The van der Waals surface area contributed by atoms with Crippen LogP contribution in [0.4, 0.5) is 0 Å². The quantitative estimate of drug-likeness (QED) is 0.537. The van der Waals surface area contributed by atoms with Crippen molar-refractivity contribution in [1.29, 1.82) is 0 Å². The minimum atomic E-state index is -0.179. The summed E-state index contributed by atoms with van der Waals surface area (Å²) in [6.45, 7) is 2.13. The second kappa shape index (κ2) is 2.82. The lowest BCUT2D eigenvalue weighted by Gasteiger charge is -2.26. The van der Waals surface area contributed by atoms with Crippen LogP contribution in [0.5, 0.6) is 0 Å². The number of primary amides is 1. The van der Waals surface area contributed by atoms with Gasteiger partial charge in [-0.15, -0.1) is 0 Å². The van der Waals surface area contributed by atoms with Crippen LogP contribution < -0.4 is 11.1 Å². The van der Waals surface area contributed by atoms with Gasteiger partial charge in [-0.25, -0.2) is 0 Å². The van der Waals surface area contributed by atoms with E-state index < -0.39 is 0 Å². The fraction of sp³-hybridized carbons (Fsp3) is 0.833. The van der Waals surface area contributed by atoms with Crippen LogP contribution in [0.2, 0.25) is 0 Å². The van der Waals surface area contributed by atoms with E-state index in [2.05, 4.69) is 5.32 Å². The first-order valence-corrected chi connectivity index (χ1v) is 3.28. The molecular weight excluding hydrogens is 116 g/mol. The summed E-state index contributed by atoms with van der Waals surface area (Å²) < 4.78 is 0. The number of nitrogens with two attached hydrogens (primary N) is 1. The van der Waals surface area contributed by atoms with Crippen LogP contribution in [-0.2, 0) is 4.79 Å². The molecule has 0 aliphatic carbocycles. The lowest BCUT2D eigenvalue weighted by Crippen LogP contribution is -2.42. The zero-order valence-corrected chi connectivity index (χ0v) is 5.39. The van der Waals surface area contributed by atoms with Crippen LogP contribution in [0.3, 0.4) is 0 Å². The predicted octanol–water partition coefficient (Wildman–Crippen LogP) is -0.529. The lowest BCUT2D eigenvalue weighted by atomic mass is 9.97. The number of amides is 1. The molecule has 0 aromatic carbocycles. The number of carbonyl (C=O) groups excluding carboxylic acids is 1. The first kappa shape index (κ1) is 6.55. The summed E-state index contributed by atoms with van der Waals surface area (Å²) in [5.74, 6) is 0.527. The Labute approximate surface area is 54.6 Å². The Morgan fingerprint density at radius 1 is 1.67 bits per heavy atom. The zero-order valence-electron chi connectivity index (χ0n) is 5.39. The van der Waals surface area contributed by atoms with Crippen LogP contribution in [0, 0.1) is 5.92 Å². The van der Waals surface area contributed by atoms with Crippen molar-refractivity contribution in [2.24, 2.45) is 11.7 Å². The van der Waals surface area contributed by atoms with Crippen LogP contribution in [0.15, 0.2) is 0 Å². The smallest absolute Gasteiger partial charge is 0.217 e. The summed E-state index contributed by atoms with van der Waals surface area (Å²) in [4.78, 5) is 10.2. The molecule has 0 saturated carbocycles. The third kappa shape index (κ3) is 2.01. The maximum atomic E-state index is 10.2. The number of hydrogen-bond donors (Lipinski definition) is 2. The Balaban J connectivity index is 1.97. The minimum absolute atomic E-state index is 0.179. The van der Waals surface area contributed by atoms with E-state index in [0.29, 0.717) is 12.3 Å². The zero-order chi connectivity index (χ0) is 6.69. The Bertz CT molecular complexity index is 110. The Kier molecular flexibility index (Phi) is 2.05. The van der Waals surface area contributed by atoms with Crippen molar-refractivity contribution in [3.8, 4) is 0 Å². The molecule has 3 N–H and O–H groups in total. The van der Waals surface area contributed by atoms with Gasteiger partial charge in [-0.05, 0) is 25.4 Å². The number of carbonyl (C=O) groups is 1. The molecule has 1 heterocycles. The maximum Gasteiger partial charge on any atom is 0.217 e. The summed E-state index contributed by atoms with van der Waals surface area (Å²) in [5, 5.41) is 3.13. The van der Waals surface area contributed by atoms with E-state index in [1.54, 1.807) is 0 Å². The van der Waals surface area contributed by atoms with Crippen LogP contribution >= 0.6 is 0 Å². The molecule has 0 atom stereocenters. The van der Waals surface area contributed by atoms with Crippen LogP contribution in [0.25, 0.3) is 0 Å². The molecule has 1 saturated heterocycles. The van der Waals surface area contributed by atoms with E-state index in [1.807, 2.05) is 0 Å². The van der Waals surface area contributed by atoms with Crippen LogP contribution in [0.1, 0.15) is 12.8 Å². The summed E-state index contributed by atoms with van der Waals surface area (Å²) in [6.07, 6.45) is 1.51. The van der Waals surface area contributed by atoms with Gasteiger partial charge >= 0.3 is 0 Å². The fourth-order valence-electron chi connectivity index (χ4n) is 0.899. The van der Waals surface area contributed by atoms with E-state index in [4.69, 9.17) is 5.73 Å². The molecule has 0 bridgehead atoms. The average molecular weight is 128 g/mol. The monoisotopic (exact) mass is 128 g/mol. The van der Waals surface area contributed by atoms with Crippen molar-refractivity contribution in [3.63, 3.8) is 0 Å². The van der Waals surface area contributed by atoms with Gasteiger partial charge in [-0.1, -0.05) is 0 Å². The standard InChI is InChI=1S/C6H12N2O/c7-6(9)2-1-5-3-8-4-5/h5,8H,1-4H2,(H2,7,9). The molecular formula is C6H12N2O. The van der Waals surface area contributed by atoms with Gasteiger partial charge in [0.05, 0.1) is 0 Å². The van der Waals surface area contributed by atoms with E-state index in [1.165, 1.54) is 0 Å². The molecule has 1 rings (SSSR count). The summed E-state index contributed by atoms with van der Waals surface area (Å²) in [6, 6.07) is 0. The highest BCUT2D eigenvalue weighted by Crippen LogP contribution is 2.09. The molecule has 1 aliphatic rings. The summed E-state index contributed by atoms with van der Waals surface area (Å²) >= 11 is 0. The van der Waals surface area contributed by atoms with E-state index >= 15 is 0 Å². The summed E-state index contributed by atoms with van der Waals surface area (Å²) in [7, 11) is 0. The molecule has 1 amide bonds. The predicted molar refractivity (Wildman–Crippen MR) is 34.8 cm³/mol. The Morgan fingerprint density at radius 2 is 2.33 bits per heavy atom. The molecule has 1 aliphatic heterocycles. The molecule has 1 fully saturated rings. The molecule has 9 heavy (non-hydrogen) atoms. The van der Waals surface area contributed by atoms with Crippen molar-refractivity contribution >= 4 is 5.91 Å². The highest BCUT2D eigenvalue weighted by molar-refractivity contribution is 5.73. The average Bonchev–Trinajstić information content (AvgIpc) is 1.60. The van der Waals surface area contributed by atoms with Crippen LogP contribution in [-0.4, -0.2) is 19.0 Å². The van der Waals surface area contributed by atoms with E-state index in [9.17, 15) is 4.79 Å². The van der Waals surface area contributed by atoms with Crippen molar-refractivity contribution in [3.05, 3.63) is 0 Å². The number of rotatable bonds is 3. The van der Waals surface area contributed by atoms with Gasteiger partial charge in [0.25, 0.3) is 0 Å². The van der Waals surface area contributed by atoms with Gasteiger partial charge in [0.2, 0.25) is 5.91 Å². The SMILES string of the molecule is NC(=O)CCC1CNC1. The largest absolute Gasteiger partial charge is 0.370 e. The fourth-order valence-corrected chi connectivity index (χ4v) is 0.899. The normalized spacial score (nSPS) is 19.1. The highest BCUT2D eigenvalue weighted by atomic mass is 16.1. The van der Waals surface area contributed by atoms with Gasteiger partial charge in [0.1, 0.15) is 0 Å². The topological polar surface area (TPSA) is 55.1 Å². The molecule has 0 spiro atoms. The summed E-state index contributed by atoms with van der Waals surface area (Å²) in [5.41, 5.74) is 4.96. The Hall–Kier alpha value is -0.570. The minimum Gasteiger partial charge on any atom is -0.370 e. The number of hydrogen-bond acceptors (Lipinski definition) is 2. The van der Waals surface area contributed by atoms with Gasteiger partial charge in [0.15, 0.2) is 0 Å². The van der Waals surface area contributed by atoms with Crippen molar-refractivity contribution in [1.82, 2.24) is 5.32 Å². The van der Waals surface area contributed by atoms with Crippen molar-refractivity contribution in [2.45, 2.75) is 12.8 Å². The van der Waals surface area contributed by atoms with Crippen molar-refractivity contribution in [2.75, 3.05) is 13.1 Å². The van der Waals surface area contributed by atoms with Crippen molar-refractivity contribution < 1.29 is 4.79 Å². The van der Waals surface area contributed by atoms with E-state index in [0.717, 1.165) is 19.5 Å². The first-order chi connectivity index (χ1) is 4.29. The van der Waals surface area contributed by atoms with Gasteiger partial charge in [-0.2, -0.15) is 0 Å². The maximum absolute atomic E-state index is 10.2. The molecule has 0 unspecified atom stereocenters. The molecule has 3 nitrogen and oxygen atoms in total. The Morgan fingerprint density at radius 3 is 2.67 bits per heavy atom. The molecule has 0 aromatic rings. The third-order valence-electron chi connectivity index (χ3n) is 1.67. The molecule has 0 radical (unpaired) electrons. The highest BCUT2D eigenvalue weighted by Gasteiger charge is 2.16.